The van der Waals surface area contributed by atoms with E-state index in [1.165, 1.54) is 6.07 Å². The molecule has 3 aliphatic heterocycles. The van der Waals surface area contributed by atoms with Gasteiger partial charge in [0.2, 0.25) is 5.43 Å². The Hall–Kier alpha value is -4.41. The molecule has 41 heavy (non-hydrogen) atoms. The Kier molecular flexibility index (Phi) is 5.38. The van der Waals surface area contributed by atoms with Gasteiger partial charge in [-0.05, 0) is 25.2 Å². The molecule has 0 aliphatic carbocycles. The number of aromatic nitrogens is 1. The molecule has 9 nitrogen and oxygen atoms in total. The summed E-state index contributed by atoms with van der Waals surface area (Å²) in [7, 11) is 2.00. The maximum atomic E-state index is 16.0. The first-order chi connectivity index (χ1) is 20.0. The topological polar surface area (TPSA) is 80.4 Å². The highest BCUT2D eigenvalue weighted by Gasteiger charge is 2.33. The molecule has 1 amide bonds. The molecule has 0 atom stereocenters. The van der Waals surface area contributed by atoms with Crippen molar-refractivity contribution in [3.05, 3.63) is 70.3 Å². The number of amides is 1. The molecule has 3 aromatic carbocycles. The number of fused-ring (bicyclic) bond motifs is 5. The molecule has 0 N–H and O–H groups in total. The van der Waals surface area contributed by atoms with Gasteiger partial charge in [0.25, 0.3) is 5.91 Å². The van der Waals surface area contributed by atoms with E-state index >= 15 is 4.39 Å². The first kappa shape index (κ1) is 24.4. The fraction of sp³-hybridized carbons (Fsp3) is 0.290. The largest absolute Gasteiger partial charge is 0.456 e. The van der Waals surface area contributed by atoms with Crippen molar-refractivity contribution in [2.24, 2.45) is 0 Å². The Balaban J connectivity index is 1.40. The average molecular weight is 555 g/mol. The Morgan fingerprint density at radius 2 is 1.68 bits per heavy atom. The fourth-order valence-corrected chi connectivity index (χ4v) is 6.24. The van der Waals surface area contributed by atoms with Crippen LogP contribution in [0.4, 0.5) is 10.1 Å². The van der Waals surface area contributed by atoms with Crippen molar-refractivity contribution in [2.75, 3.05) is 64.4 Å². The molecule has 2 saturated heterocycles. The third-order valence-electron chi connectivity index (χ3n) is 8.45. The molecule has 5 aromatic rings. The van der Waals surface area contributed by atoms with Crippen LogP contribution >= 0.6 is 0 Å². The number of carbonyl (C=O) groups is 1. The maximum Gasteiger partial charge on any atom is 0.259 e. The van der Waals surface area contributed by atoms with Gasteiger partial charge in [0.05, 0.1) is 24.3 Å². The molecule has 10 heteroatoms. The van der Waals surface area contributed by atoms with Crippen LogP contribution in [0.5, 0.6) is 11.5 Å². The van der Waals surface area contributed by atoms with Crippen LogP contribution in [0.1, 0.15) is 10.4 Å². The summed E-state index contributed by atoms with van der Waals surface area (Å²) < 4.78 is 35.9. The number of rotatable bonds is 2. The Labute approximate surface area is 233 Å². The van der Waals surface area contributed by atoms with Crippen LogP contribution in [0.2, 0.25) is 0 Å². The number of ether oxygens (including phenoxy) is 2. The summed E-state index contributed by atoms with van der Waals surface area (Å²) in [5.74, 6) is -0.178. The monoisotopic (exact) mass is 554 g/mol. The van der Waals surface area contributed by atoms with Crippen molar-refractivity contribution < 1.29 is 23.1 Å². The standard InChI is InChI=1S/C31H27FN4O5/c1-33-6-8-35(9-7-33)31(38)21-17-36-23-16-25-19(18-4-2-3-5-24(18)40-25)15-26(23)41-30-27(36)20(29(21)37)14-22(32)28(30)34-10-12-39-13-11-34/h2-5,14-17H,6-13H2,1H3. The summed E-state index contributed by atoms with van der Waals surface area (Å²) in [4.78, 5) is 33.3. The van der Waals surface area contributed by atoms with E-state index in [2.05, 4.69) is 4.90 Å². The van der Waals surface area contributed by atoms with Gasteiger partial charge in [-0.25, -0.2) is 4.39 Å². The zero-order chi connectivity index (χ0) is 27.8. The number of morpholine rings is 1. The molecule has 0 unspecified atom stereocenters. The van der Waals surface area contributed by atoms with Crippen molar-refractivity contribution in [1.82, 2.24) is 14.4 Å². The highest BCUT2D eigenvalue weighted by molar-refractivity contribution is 6.07. The summed E-state index contributed by atoms with van der Waals surface area (Å²) >= 11 is 0. The molecular formula is C31H27FN4O5. The second-order valence-corrected chi connectivity index (χ2v) is 10.9. The second-order valence-electron chi connectivity index (χ2n) is 10.9. The third-order valence-corrected chi connectivity index (χ3v) is 8.45. The minimum atomic E-state index is -0.569. The van der Waals surface area contributed by atoms with Gasteiger partial charge in [0.15, 0.2) is 17.3 Å². The summed E-state index contributed by atoms with van der Waals surface area (Å²) in [5.41, 5.74) is 2.20. The minimum Gasteiger partial charge on any atom is -0.456 e. The molecule has 2 aromatic heterocycles. The lowest BCUT2D eigenvalue weighted by atomic mass is 10.0. The van der Waals surface area contributed by atoms with Crippen LogP contribution in [0.3, 0.4) is 0 Å². The third kappa shape index (κ3) is 3.67. The fourth-order valence-electron chi connectivity index (χ4n) is 6.24. The van der Waals surface area contributed by atoms with Gasteiger partial charge in [-0.1, -0.05) is 18.2 Å². The second kappa shape index (κ2) is 9.05. The van der Waals surface area contributed by atoms with Gasteiger partial charge in [-0.2, -0.15) is 0 Å². The molecule has 208 valence electrons. The molecule has 0 bridgehead atoms. The highest BCUT2D eigenvalue weighted by atomic mass is 19.1. The number of hydrogen-bond donors (Lipinski definition) is 0. The zero-order valence-corrected chi connectivity index (χ0v) is 22.5. The van der Waals surface area contributed by atoms with Gasteiger partial charge in [-0.3, -0.25) is 9.59 Å². The smallest absolute Gasteiger partial charge is 0.259 e. The highest BCUT2D eigenvalue weighted by Crippen LogP contribution is 2.48. The number of hydrogen-bond acceptors (Lipinski definition) is 7. The van der Waals surface area contributed by atoms with E-state index in [9.17, 15) is 9.59 Å². The van der Waals surface area contributed by atoms with Crippen molar-refractivity contribution >= 4 is 44.4 Å². The van der Waals surface area contributed by atoms with E-state index in [1.54, 1.807) is 15.7 Å². The van der Waals surface area contributed by atoms with E-state index in [-0.39, 0.29) is 28.3 Å². The van der Waals surface area contributed by atoms with E-state index in [0.29, 0.717) is 61.9 Å². The number of halogens is 1. The average Bonchev–Trinajstić information content (AvgIpc) is 3.35. The Morgan fingerprint density at radius 1 is 0.902 bits per heavy atom. The molecular weight excluding hydrogens is 527 g/mol. The van der Waals surface area contributed by atoms with Gasteiger partial charge < -0.3 is 33.2 Å². The number of furan rings is 1. The van der Waals surface area contributed by atoms with Crippen molar-refractivity contribution in [3.63, 3.8) is 0 Å². The predicted molar refractivity (Wildman–Crippen MR) is 153 cm³/mol. The van der Waals surface area contributed by atoms with E-state index in [0.717, 1.165) is 29.4 Å². The summed E-state index contributed by atoms with van der Waals surface area (Å²) in [6.07, 6.45) is 1.59. The first-order valence-electron chi connectivity index (χ1n) is 13.8. The van der Waals surface area contributed by atoms with Gasteiger partial charge in [0.1, 0.15) is 27.9 Å². The lowest BCUT2D eigenvalue weighted by Gasteiger charge is -2.34. The van der Waals surface area contributed by atoms with Crippen LogP contribution in [0.15, 0.2) is 57.9 Å². The molecule has 8 rings (SSSR count). The SMILES string of the molecule is CN1CCN(C(=O)c2cn3c4c(c(N5CCOCC5)c(F)cc4c2=O)Oc2cc4c(cc2-3)oc2ccccc24)CC1. The summed E-state index contributed by atoms with van der Waals surface area (Å²) in [6, 6.07) is 12.7. The van der Waals surface area contributed by atoms with Crippen LogP contribution in [-0.2, 0) is 4.74 Å². The number of nitrogens with zero attached hydrogens (tertiary/aromatic N) is 4. The lowest BCUT2D eigenvalue weighted by Crippen LogP contribution is -2.48. The minimum absolute atomic E-state index is 0.00378. The number of likely N-dealkylation sites (N-methyl/N-ethyl adjacent to an activating group) is 1. The molecule has 0 spiro atoms. The molecule has 0 saturated carbocycles. The van der Waals surface area contributed by atoms with Crippen molar-refractivity contribution in [1.29, 1.82) is 0 Å². The first-order valence-corrected chi connectivity index (χ1v) is 13.8. The molecule has 2 fully saturated rings. The number of carbonyl (C=O) groups excluding carboxylic acids is 1. The number of para-hydroxylation sites is 1. The molecule has 3 aliphatic rings. The zero-order valence-electron chi connectivity index (χ0n) is 22.5. The van der Waals surface area contributed by atoms with Crippen molar-refractivity contribution in [2.45, 2.75) is 0 Å². The number of piperazine rings is 1. The van der Waals surface area contributed by atoms with Gasteiger partial charge in [-0.15, -0.1) is 0 Å². The van der Waals surface area contributed by atoms with Crippen LogP contribution in [0.25, 0.3) is 38.5 Å². The van der Waals surface area contributed by atoms with E-state index < -0.39 is 11.2 Å². The van der Waals surface area contributed by atoms with Gasteiger partial charge in [0, 0.05) is 62.3 Å². The van der Waals surface area contributed by atoms with Crippen LogP contribution in [-0.4, -0.2) is 79.8 Å². The summed E-state index contributed by atoms with van der Waals surface area (Å²) in [5, 5.41) is 1.89. The number of anilines is 1. The van der Waals surface area contributed by atoms with Crippen LogP contribution in [0, 0.1) is 5.82 Å². The summed E-state index contributed by atoms with van der Waals surface area (Å²) in [6.45, 7) is 4.36. The van der Waals surface area contributed by atoms with Gasteiger partial charge >= 0.3 is 0 Å². The quantitative estimate of drug-likeness (QED) is 0.315. The number of benzene rings is 3. The van der Waals surface area contributed by atoms with Crippen LogP contribution < -0.4 is 15.1 Å². The maximum absolute atomic E-state index is 16.0. The van der Waals surface area contributed by atoms with Crippen molar-refractivity contribution in [3.8, 4) is 17.2 Å². The normalized spacial score (nSPS) is 17.3. The predicted octanol–water partition coefficient (Wildman–Crippen LogP) is 4.36. The lowest BCUT2D eigenvalue weighted by molar-refractivity contribution is 0.0662. The number of pyridine rings is 1. The van der Waals surface area contributed by atoms with E-state index in [4.69, 9.17) is 13.9 Å². The Bertz CT molecular complexity index is 1950. The molecule has 0 radical (unpaired) electrons. The Morgan fingerprint density at radius 3 is 2.49 bits per heavy atom. The molecule has 5 heterocycles. The van der Waals surface area contributed by atoms with E-state index in [1.807, 2.05) is 48.3 Å².